The van der Waals surface area contributed by atoms with Gasteiger partial charge in [-0.2, -0.15) is 0 Å². The number of nitrogens with two attached hydrogens (primary N) is 2. The van der Waals surface area contributed by atoms with Gasteiger partial charge >= 0.3 is 0 Å². The van der Waals surface area contributed by atoms with Crippen LogP contribution in [0.3, 0.4) is 0 Å². The van der Waals surface area contributed by atoms with Crippen molar-refractivity contribution in [3.8, 4) is 5.75 Å². The van der Waals surface area contributed by atoms with Gasteiger partial charge in [0.1, 0.15) is 5.75 Å². The van der Waals surface area contributed by atoms with Crippen molar-refractivity contribution < 1.29 is 9.53 Å². The average molecular weight is 274 g/mol. The second kappa shape index (κ2) is 5.44. The number of benzene rings is 1. The fourth-order valence-corrected chi connectivity index (χ4v) is 2.90. The first-order valence-corrected chi connectivity index (χ1v) is 7.49. The van der Waals surface area contributed by atoms with Crippen LogP contribution in [0, 0.1) is 0 Å². The minimum absolute atomic E-state index is 0.155. The summed E-state index contributed by atoms with van der Waals surface area (Å²) in [6, 6.07) is 6.11. The SMILES string of the molecule is NC(=O)c1ccc(C2CC2)cc1OC1CCC(N)CC1. The number of carbonyl (C=O) groups is 1. The van der Waals surface area contributed by atoms with Crippen molar-refractivity contribution in [2.45, 2.75) is 56.6 Å². The summed E-state index contributed by atoms with van der Waals surface area (Å²) < 4.78 is 6.06. The normalized spacial score (nSPS) is 26.2. The van der Waals surface area contributed by atoms with Crippen LogP contribution < -0.4 is 16.2 Å². The number of primary amides is 1. The lowest BCUT2D eigenvalue weighted by atomic mass is 9.93. The molecule has 4 N–H and O–H groups in total. The van der Waals surface area contributed by atoms with Gasteiger partial charge in [-0.25, -0.2) is 0 Å². The largest absolute Gasteiger partial charge is 0.490 e. The molecule has 0 heterocycles. The number of ether oxygens (including phenoxy) is 1. The van der Waals surface area contributed by atoms with Crippen LogP contribution in [0.1, 0.15) is 60.4 Å². The summed E-state index contributed by atoms with van der Waals surface area (Å²) in [5.41, 5.74) is 13.1. The first-order valence-electron chi connectivity index (χ1n) is 7.49. The Balaban J connectivity index is 1.78. The molecule has 20 heavy (non-hydrogen) atoms. The highest BCUT2D eigenvalue weighted by atomic mass is 16.5. The smallest absolute Gasteiger partial charge is 0.252 e. The molecule has 2 fully saturated rings. The van der Waals surface area contributed by atoms with E-state index in [1.807, 2.05) is 12.1 Å². The van der Waals surface area contributed by atoms with Crippen molar-refractivity contribution in [2.24, 2.45) is 11.5 Å². The molecule has 2 aliphatic rings. The van der Waals surface area contributed by atoms with Gasteiger partial charge in [-0.3, -0.25) is 4.79 Å². The Morgan fingerprint density at radius 2 is 1.80 bits per heavy atom. The maximum Gasteiger partial charge on any atom is 0.252 e. The first kappa shape index (κ1) is 13.4. The van der Waals surface area contributed by atoms with Crippen molar-refractivity contribution in [1.82, 2.24) is 0 Å². The molecule has 1 aromatic rings. The quantitative estimate of drug-likeness (QED) is 0.884. The molecule has 0 spiro atoms. The van der Waals surface area contributed by atoms with Gasteiger partial charge in [-0.05, 0) is 62.1 Å². The Morgan fingerprint density at radius 3 is 2.40 bits per heavy atom. The Kier molecular flexibility index (Phi) is 3.66. The molecule has 0 aliphatic heterocycles. The summed E-state index contributed by atoms with van der Waals surface area (Å²) in [4.78, 5) is 11.5. The van der Waals surface area contributed by atoms with Gasteiger partial charge in [0.15, 0.2) is 0 Å². The summed E-state index contributed by atoms with van der Waals surface area (Å²) in [5.74, 6) is 0.872. The lowest BCUT2D eigenvalue weighted by Gasteiger charge is -2.27. The molecule has 108 valence electrons. The van der Waals surface area contributed by atoms with E-state index in [0.29, 0.717) is 23.3 Å². The molecule has 2 saturated carbocycles. The second-order valence-electron chi connectivity index (χ2n) is 6.05. The number of hydrogen-bond acceptors (Lipinski definition) is 3. The van der Waals surface area contributed by atoms with Gasteiger partial charge in [-0.15, -0.1) is 0 Å². The summed E-state index contributed by atoms with van der Waals surface area (Å²) in [7, 11) is 0. The highest BCUT2D eigenvalue weighted by molar-refractivity contribution is 5.95. The minimum atomic E-state index is -0.421. The molecule has 0 unspecified atom stereocenters. The molecule has 4 heteroatoms. The molecule has 0 atom stereocenters. The summed E-state index contributed by atoms with van der Waals surface area (Å²) in [6.45, 7) is 0. The van der Waals surface area contributed by atoms with Gasteiger partial charge < -0.3 is 16.2 Å². The van der Waals surface area contributed by atoms with E-state index in [9.17, 15) is 4.79 Å². The first-order chi connectivity index (χ1) is 9.63. The zero-order valence-corrected chi connectivity index (χ0v) is 11.7. The predicted molar refractivity (Wildman–Crippen MR) is 77.8 cm³/mol. The van der Waals surface area contributed by atoms with Gasteiger partial charge in [0.05, 0.1) is 11.7 Å². The van der Waals surface area contributed by atoms with Crippen molar-refractivity contribution >= 4 is 5.91 Å². The van der Waals surface area contributed by atoms with Crippen LogP contribution in [0.4, 0.5) is 0 Å². The molecule has 1 amide bonds. The van der Waals surface area contributed by atoms with Crippen LogP contribution in [0.25, 0.3) is 0 Å². The van der Waals surface area contributed by atoms with Crippen molar-refractivity contribution in [2.75, 3.05) is 0 Å². The summed E-state index contributed by atoms with van der Waals surface area (Å²) in [5, 5.41) is 0. The lowest BCUT2D eigenvalue weighted by molar-refractivity contribution is 0.0986. The minimum Gasteiger partial charge on any atom is -0.490 e. The van der Waals surface area contributed by atoms with E-state index in [1.54, 1.807) is 6.07 Å². The van der Waals surface area contributed by atoms with E-state index < -0.39 is 5.91 Å². The van der Waals surface area contributed by atoms with Crippen molar-refractivity contribution in [1.29, 1.82) is 0 Å². The molecule has 0 bridgehead atoms. The number of carbonyl (C=O) groups excluding carboxylic acids is 1. The fraction of sp³-hybridized carbons (Fsp3) is 0.562. The van der Waals surface area contributed by atoms with Crippen LogP contribution in [-0.2, 0) is 0 Å². The molecule has 0 radical (unpaired) electrons. The van der Waals surface area contributed by atoms with Gasteiger partial charge in [0.2, 0.25) is 0 Å². The zero-order valence-electron chi connectivity index (χ0n) is 11.7. The van der Waals surface area contributed by atoms with Crippen LogP contribution in [-0.4, -0.2) is 18.1 Å². The maximum absolute atomic E-state index is 11.5. The Labute approximate surface area is 119 Å². The monoisotopic (exact) mass is 274 g/mol. The molecular weight excluding hydrogens is 252 g/mol. The molecule has 0 aromatic heterocycles. The zero-order chi connectivity index (χ0) is 14.1. The van der Waals surface area contributed by atoms with E-state index in [0.717, 1.165) is 25.7 Å². The van der Waals surface area contributed by atoms with E-state index in [4.69, 9.17) is 16.2 Å². The van der Waals surface area contributed by atoms with Crippen LogP contribution in [0.5, 0.6) is 5.75 Å². The standard InChI is InChI=1S/C16H22N2O2/c17-12-4-6-13(7-5-12)20-15-9-11(10-1-2-10)3-8-14(15)16(18)19/h3,8-10,12-13H,1-2,4-7,17H2,(H2,18,19). The third-order valence-corrected chi connectivity index (χ3v) is 4.33. The maximum atomic E-state index is 11.5. The van der Waals surface area contributed by atoms with Crippen LogP contribution in [0.15, 0.2) is 18.2 Å². The molecule has 1 aromatic carbocycles. The number of amides is 1. The van der Waals surface area contributed by atoms with Crippen molar-refractivity contribution in [3.63, 3.8) is 0 Å². The van der Waals surface area contributed by atoms with Gasteiger partial charge in [0, 0.05) is 6.04 Å². The highest BCUT2D eigenvalue weighted by Crippen LogP contribution is 2.42. The Morgan fingerprint density at radius 1 is 1.10 bits per heavy atom. The highest BCUT2D eigenvalue weighted by Gasteiger charge is 2.26. The topological polar surface area (TPSA) is 78.3 Å². The van der Waals surface area contributed by atoms with E-state index in [1.165, 1.54) is 18.4 Å². The Hall–Kier alpha value is -1.55. The molecular formula is C16H22N2O2. The summed E-state index contributed by atoms with van der Waals surface area (Å²) in [6.07, 6.45) is 6.49. The van der Waals surface area contributed by atoms with E-state index in [2.05, 4.69) is 0 Å². The van der Waals surface area contributed by atoms with Gasteiger partial charge in [0.25, 0.3) is 5.91 Å². The summed E-state index contributed by atoms with van der Waals surface area (Å²) >= 11 is 0. The molecule has 0 saturated heterocycles. The molecule has 4 nitrogen and oxygen atoms in total. The molecule has 3 rings (SSSR count). The van der Waals surface area contributed by atoms with Crippen molar-refractivity contribution in [3.05, 3.63) is 29.3 Å². The third kappa shape index (κ3) is 2.96. The number of rotatable bonds is 4. The lowest BCUT2D eigenvalue weighted by Crippen LogP contribution is -2.32. The van der Waals surface area contributed by atoms with Gasteiger partial charge in [-0.1, -0.05) is 6.07 Å². The fourth-order valence-electron chi connectivity index (χ4n) is 2.90. The van der Waals surface area contributed by atoms with E-state index in [-0.39, 0.29) is 6.10 Å². The predicted octanol–water partition coefficient (Wildman–Crippen LogP) is 2.31. The average Bonchev–Trinajstić information content (AvgIpc) is 3.25. The Bertz CT molecular complexity index is 503. The van der Waals surface area contributed by atoms with E-state index >= 15 is 0 Å². The molecule has 2 aliphatic carbocycles. The number of hydrogen-bond donors (Lipinski definition) is 2. The second-order valence-corrected chi connectivity index (χ2v) is 6.05. The van der Waals surface area contributed by atoms with Crippen LogP contribution in [0.2, 0.25) is 0 Å². The van der Waals surface area contributed by atoms with Crippen LogP contribution >= 0.6 is 0 Å². The third-order valence-electron chi connectivity index (χ3n) is 4.33.